The van der Waals surface area contributed by atoms with E-state index < -0.39 is 34.4 Å². The van der Waals surface area contributed by atoms with Gasteiger partial charge in [0, 0.05) is 17.3 Å². The fourth-order valence-corrected chi connectivity index (χ4v) is 10.6. The highest BCUT2D eigenvalue weighted by molar-refractivity contribution is 5.76. The molecule has 4 saturated carbocycles. The molecule has 35 heavy (non-hydrogen) atoms. The third kappa shape index (κ3) is 3.01. The molecule has 0 spiro atoms. The van der Waals surface area contributed by atoms with Gasteiger partial charge in [0.15, 0.2) is 0 Å². The van der Waals surface area contributed by atoms with Crippen LogP contribution in [0.15, 0.2) is 11.6 Å². The van der Waals surface area contributed by atoms with Crippen molar-refractivity contribution in [2.45, 2.75) is 112 Å². The summed E-state index contributed by atoms with van der Waals surface area (Å²) < 4.78 is 0. The van der Waals surface area contributed by atoms with Crippen LogP contribution in [0.2, 0.25) is 0 Å². The Labute approximate surface area is 211 Å². The Kier molecular flexibility index (Phi) is 5.56. The van der Waals surface area contributed by atoms with E-state index in [1.54, 1.807) is 0 Å². The molecule has 0 bridgehead atoms. The molecule has 0 radical (unpaired) electrons. The van der Waals surface area contributed by atoms with Crippen LogP contribution in [0.5, 0.6) is 0 Å². The first-order valence-electron chi connectivity index (χ1n) is 14.0. The Hall–Kier alpha value is -0.910. The Morgan fingerprint density at radius 2 is 1.60 bits per heavy atom. The first-order valence-corrected chi connectivity index (χ1v) is 14.0. The summed E-state index contributed by atoms with van der Waals surface area (Å²) in [4.78, 5) is 12.8. The molecule has 198 valence electrons. The number of rotatable bonds is 2. The van der Waals surface area contributed by atoms with Crippen molar-refractivity contribution in [1.82, 2.24) is 0 Å². The predicted octanol–water partition coefficient (Wildman–Crippen LogP) is 5.18. The van der Waals surface area contributed by atoms with Crippen molar-refractivity contribution in [3.8, 4) is 0 Å². The summed E-state index contributed by atoms with van der Waals surface area (Å²) in [5, 5.41) is 43.4. The number of aliphatic hydroxyl groups excluding tert-OH is 3. The summed E-state index contributed by atoms with van der Waals surface area (Å²) >= 11 is 0. The highest BCUT2D eigenvalue weighted by atomic mass is 16.4. The van der Waals surface area contributed by atoms with Crippen LogP contribution in [-0.4, -0.2) is 45.2 Å². The van der Waals surface area contributed by atoms with Crippen LogP contribution in [0.3, 0.4) is 0 Å². The van der Waals surface area contributed by atoms with Crippen molar-refractivity contribution in [3.63, 3.8) is 0 Å². The van der Waals surface area contributed by atoms with Crippen LogP contribution < -0.4 is 0 Å². The molecule has 10 atom stereocenters. The van der Waals surface area contributed by atoms with E-state index in [1.165, 1.54) is 5.57 Å². The van der Waals surface area contributed by atoms with Crippen molar-refractivity contribution in [2.75, 3.05) is 6.61 Å². The third-order valence-corrected chi connectivity index (χ3v) is 13.3. The summed E-state index contributed by atoms with van der Waals surface area (Å²) in [5.41, 5.74) is -0.297. The quantitative estimate of drug-likeness (QED) is 0.402. The fourth-order valence-electron chi connectivity index (χ4n) is 10.6. The zero-order valence-electron chi connectivity index (χ0n) is 22.7. The molecule has 0 amide bonds. The Bertz CT molecular complexity index is 941. The highest BCUT2D eigenvalue weighted by Crippen LogP contribution is 2.75. The molecular formula is C30H48O5. The van der Waals surface area contributed by atoms with Crippen molar-refractivity contribution in [1.29, 1.82) is 0 Å². The summed E-state index contributed by atoms with van der Waals surface area (Å²) in [6.07, 6.45) is 8.36. The molecule has 4 fully saturated rings. The average Bonchev–Trinajstić information content (AvgIpc) is 2.77. The van der Waals surface area contributed by atoms with Gasteiger partial charge in [0.05, 0.1) is 24.2 Å². The summed E-state index contributed by atoms with van der Waals surface area (Å²) in [6, 6.07) is 0. The maximum absolute atomic E-state index is 12.8. The summed E-state index contributed by atoms with van der Waals surface area (Å²) in [7, 11) is 0. The monoisotopic (exact) mass is 488 g/mol. The van der Waals surface area contributed by atoms with Crippen molar-refractivity contribution < 1.29 is 25.2 Å². The lowest BCUT2D eigenvalue weighted by Gasteiger charge is -2.72. The van der Waals surface area contributed by atoms with Gasteiger partial charge in [0.1, 0.15) is 0 Å². The maximum atomic E-state index is 12.8. The van der Waals surface area contributed by atoms with Crippen LogP contribution in [0.25, 0.3) is 0 Å². The van der Waals surface area contributed by atoms with Crippen molar-refractivity contribution in [2.24, 2.45) is 50.2 Å². The minimum Gasteiger partial charge on any atom is -0.481 e. The molecule has 0 aliphatic heterocycles. The van der Waals surface area contributed by atoms with Crippen LogP contribution in [0.1, 0.15) is 99.3 Å². The van der Waals surface area contributed by atoms with Gasteiger partial charge in [-0.15, -0.1) is 0 Å². The van der Waals surface area contributed by atoms with Crippen LogP contribution >= 0.6 is 0 Å². The molecule has 5 aliphatic rings. The molecule has 4 N–H and O–H groups in total. The van der Waals surface area contributed by atoms with Crippen LogP contribution in [-0.2, 0) is 4.79 Å². The number of aliphatic carboxylic acids is 1. The minimum absolute atomic E-state index is 0.0469. The van der Waals surface area contributed by atoms with Crippen molar-refractivity contribution >= 4 is 5.97 Å². The van der Waals surface area contributed by atoms with E-state index in [2.05, 4.69) is 40.7 Å². The molecule has 5 aliphatic carbocycles. The molecule has 5 nitrogen and oxygen atoms in total. The van der Waals surface area contributed by atoms with E-state index in [9.17, 15) is 25.2 Å². The maximum Gasteiger partial charge on any atom is 0.310 e. The molecule has 0 aromatic carbocycles. The second kappa shape index (κ2) is 7.57. The SMILES string of the molecule is CC1(C)CC[C@]2(C(=O)O)CC[C@]3(C)C(=CCC4[C@]5(C)C(CC[C@]43C)[C@](C)(CO)[C@@H](O)C[C@H]5O)[C@@H]2C1. The van der Waals surface area contributed by atoms with Gasteiger partial charge in [-0.05, 0) is 85.4 Å². The zero-order valence-corrected chi connectivity index (χ0v) is 22.7. The van der Waals surface area contributed by atoms with Gasteiger partial charge in [-0.3, -0.25) is 4.79 Å². The molecule has 0 aromatic heterocycles. The van der Waals surface area contributed by atoms with Gasteiger partial charge in [-0.1, -0.05) is 53.2 Å². The summed E-state index contributed by atoms with van der Waals surface area (Å²) in [5.74, 6) is -0.263. The number of carbonyl (C=O) groups is 1. The number of carboxylic acids is 1. The second-order valence-corrected chi connectivity index (χ2v) is 15.0. The predicted molar refractivity (Wildman–Crippen MR) is 135 cm³/mol. The van der Waals surface area contributed by atoms with Gasteiger partial charge in [-0.25, -0.2) is 0 Å². The van der Waals surface area contributed by atoms with E-state index in [0.717, 1.165) is 51.4 Å². The highest BCUT2D eigenvalue weighted by Gasteiger charge is 2.71. The molecule has 5 rings (SSSR count). The molecule has 0 aromatic rings. The number of allylic oxidation sites excluding steroid dienone is 2. The summed E-state index contributed by atoms with van der Waals surface area (Å²) in [6.45, 7) is 13.6. The minimum atomic E-state index is -0.703. The fraction of sp³-hybridized carbons (Fsp3) is 0.900. The lowest BCUT2D eigenvalue weighted by atomic mass is 9.33. The lowest BCUT2D eigenvalue weighted by molar-refractivity contribution is -0.253. The third-order valence-electron chi connectivity index (χ3n) is 13.3. The van der Waals surface area contributed by atoms with Gasteiger partial charge in [-0.2, -0.15) is 0 Å². The number of hydrogen-bond donors (Lipinski definition) is 4. The first kappa shape index (κ1) is 25.7. The topological polar surface area (TPSA) is 98.0 Å². The number of fused-ring (bicyclic) bond motifs is 7. The van der Waals surface area contributed by atoms with E-state index in [1.807, 2.05) is 6.92 Å². The van der Waals surface area contributed by atoms with Gasteiger partial charge >= 0.3 is 5.97 Å². The molecular weight excluding hydrogens is 440 g/mol. The van der Waals surface area contributed by atoms with Crippen LogP contribution in [0.4, 0.5) is 0 Å². The largest absolute Gasteiger partial charge is 0.481 e. The zero-order chi connectivity index (χ0) is 25.8. The molecule has 2 unspecified atom stereocenters. The number of carboxylic acid groups (broad SMARTS) is 1. The number of hydrogen-bond acceptors (Lipinski definition) is 4. The molecule has 5 heteroatoms. The van der Waals surface area contributed by atoms with E-state index in [-0.39, 0.29) is 40.6 Å². The van der Waals surface area contributed by atoms with E-state index in [0.29, 0.717) is 6.42 Å². The number of aliphatic hydroxyl groups is 3. The lowest BCUT2D eigenvalue weighted by Crippen LogP contribution is -2.69. The second-order valence-electron chi connectivity index (χ2n) is 15.0. The Balaban J connectivity index is 1.62. The van der Waals surface area contributed by atoms with Crippen molar-refractivity contribution in [3.05, 3.63) is 11.6 Å². The van der Waals surface area contributed by atoms with Crippen LogP contribution in [0, 0.1) is 50.2 Å². The van der Waals surface area contributed by atoms with Gasteiger partial charge < -0.3 is 20.4 Å². The normalized spacial score (nSPS) is 55.0. The molecule has 0 heterocycles. The standard InChI is InChI=1S/C30H48O5/c1-25(2)11-13-30(24(34)35)14-12-27(4)18(19(30)16-25)7-8-21-28(27,5)10-9-20-26(3,17-31)22(32)15-23(33)29(20,21)6/h7,19-23,31-33H,8-17H2,1-6H3,(H,34,35)/t19-,20?,21?,22-,23+,26-,27+,28+,29-,30-/m0/s1. The first-order chi connectivity index (χ1) is 16.1. The Morgan fingerprint density at radius 1 is 0.943 bits per heavy atom. The van der Waals surface area contributed by atoms with E-state index >= 15 is 0 Å². The van der Waals surface area contributed by atoms with Gasteiger partial charge in [0.25, 0.3) is 0 Å². The molecule has 0 saturated heterocycles. The van der Waals surface area contributed by atoms with E-state index in [4.69, 9.17) is 0 Å². The average molecular weight is 489 g/mol. The van der Waals surface area contributed by atoms with Gasteiger partial charge in [0.2, 0.25) is 0 Å². The smallest absolute Gasteiger partial charge is 0.310 e. The Morgan fingerprint density at radius 3 is 2.23 bits per heavy atom.